The van der Waals surface area contributed by atoms with Crippen molar-refractivity contribution < 1.29 is 0 Å². The molecule has 0 atom stereocenters. The lowest BCUT2D eigenvalue weighted by molar-refractivity contribution is 0.799. The highest BCUT2D eigenvalue weighted by Gasteiger charge is 2.26. The van der Waals surface area contributed by atoms with Crippen LogP contribution in [0.1, 0.15) is 30.1 Å². The van der Waals surface area contributed by atoms with Gasteiger partial charge in [-0.3, -0.25) is 0 Å². The van der Waals surface area contributed by atoms with Gasteiger partial charge in [-0.2, -0.15) is 5.10 Å². The molecule has 0 aliphatic heterocycles. The third-order valence-electron chi connectivity index (χ3n) is 3.62. The summed E-state index contributed by atoms with van der Waals surface area (Å²) in [5.41, 5.74) is 8.93. The number of nitrogens with zero attached hydrogens (tertiary/aromatic N) is 4. The SMILES string of the molecule is NCc1c(-n2ccc(C3CC3)n2)nc2ccccn12. The summed E-state index contributed by atoms with van der Waals surface area (Å²) in [6.07, 6.45) is 6.48. The Kier molecular flexibility index (Phi) is 2.22. The first-order valence-electron chi connectivity index (χ1n) is 6.59. The van der Waals surface area contributed by atoms with E-state index in [1.165, 1.54) is 18.5 Å². The zero-order valence-electron chi connectivity index (χ0n) is 10.5. The van der Waals surface area contributed by atoms with Crippen LogP contribution in [0.4, 0.5) is 0 Å². The van der Waals surface area contributed by atoms with Gasteiger partial charge in [0.05, 0.1) is 11.4 Å². The number of nitrogens with two attached hydrogens (primary N) is 1. The van der Waals surface area contributed by atoms with Crippen molar-refractivity contribution in [3.05, 3.63) is 48.0 Å². The van der Waals surface area contributed by atoms with Crippen molar-refractivity contribution in [1.82, 2.24) is 19.2 Å². The molecule has 1 fully saturated rings. The number of imidazole rings is 1. The first-order valence-corrected chi connectivity index (χ1v) is 6.59. The highest BCUT2D eigenvalue weighted by molar-refractivity contribution is 5.48. The van der Waals surface area contributed by atoms with E-state index >= 15 is 0 Å². The summed E-state index contributed by atoms with van der Waals surface area (Å²) in [6.45, 7) is 0.444. The summed E-state index contributed by atoms with van der Waals surface area (Å²) < 4.78 is 3.87. The lowest BCUT2D eigenvalue weighted by Gasteiger charge is -2.01. The number of aromatic nitrogens is 4. The summed E-state index contributed by atoms with van der Waals surface area (Å²) in [7, 11) is 0. The molecular formula is C14H15N5. The van der Waals surface area contributed by atoms with Crippen LogP contribution in [0, 0.1) is 0 Å². The summed E-state index contributed by atoms with van der Waals surface area (Å²) in [6, 6.07) is 8.03. The Morgan fingerprint density at radius 1 is 1.21 bits per heavy atom. The Labute approximate surface area is 110 Å². The van der Waals surface area contributed by atoms with Crippen LogP contribution in [-0.4, -0.2) is 19.2 Å². The average molecular weight is 253 g/mol. The highest BCUT2D eigenvalue weighted by Crippen LogP contribution is 2.39. The maximum atomic E-state index is 5.88. The molecule has 2 N–H and O–H groups in total. The summed E-state index contributed by atoms with van der Waals surface area (Å²) in [4.78, 5) is 4.63. The van der Waals surface area contributed by atoms with Crippen molar-refractivity contribution in [3.8, 4) is 5.82 Å². The van der Waals surface area contributed by atoms with Crippen LogP contribution in [-0.2, 0) is 6.54 Å². The molecule has 0 spiro atoms. The average Bonchev–Trinajstić information content (AvgIpc) is 3.05. The Morgan fingerprint density at radius 3 is 2.89 bits per heavy atom. The minimum absolute atomic E-state index is 0.444. The zero-order chi connectivity index (χ0) is 12.8. The Bertz CT molecular complexity index is 735. The minimum atomic E-state index is 0.444. The van der Waals surface area contributed by atoms with Gasteiger partial charge in [0, 0.05) is 24.9 Å². The predicted molar refractivity (Wildman–Crippen MR) is 72.2 cm³/mol. The van der Waals surface area contributed by atoms with E-state index in [1.54, 1.807) is 0 Å². The van der Waals surface area contributed by atoms with Crippen molar-refractivity contribution in [2.75, 3.05) is 0 Å². The monoisotopic (exact) mass is 253 g/mol. The van der Waals surface area contributed by atoms with E-state index in [4.69, 9.17) is 5.73 Å². The maximum absolute atomic E-state index is 5.88. The van der Waals surface area contributed by atoms with Crippen molar-refractivity contribution in [2.24, 2.45) is 5.73 Å². The molecule has 5 heteroatoms. The number of hydrogen-bond donors (Lipinski definition) is 1. The van der Waals surface area contributed by atoms with Gasteiger partial charge in [0.1, 0.15) is 5.65 Å². The second-order valence-corrected chi connectivity index (χ2v) is 4.97. The van der Waals surface area contributed by atoms with Gasteiger partial charge in [-0.1, -0.05) is 6.07 Å². The van der Waals surface area contributed by atoms with Gasteiger partial charge in [0.15, 0.2) is 5.82 Å². The Morgan fingerprint density at radius 2 is 2.11 bits per heavy atom. The van der Waals surface area contributed by atoms with E-state index in [2.05, 4.69) is 16.1 Å². The largest absolute Gasteiger partial charge is 0.325 e. The lowest BCUT2D eigenvalue weighted by atomic mass is 10.3. The van der Waals surface area contributed by atoms with E-state index in [1.807, 2.05) is 39.7 Å². The highest BCUT2D eigenvalue weighted by atomic mass is 15.3. The molecule has 0 bridgehead atoms. The molecule has 3 heterocycles. The molecule has 1 aliphatic carbocycles. The molecular weight excluding hydrogens is 238 g/mol. The van der Waals surface area contributed by atoms with Crippen molar-refractivity contribution in [2.45, 2.75) is 25.3 Å². The second kappa shape index (κ2) is 3.93. The van der Waals surface area contributed by atoms with Gasteiger partial charge >= 0.3 is 0 Å². The van der Waals surface area contributed by atoms with Gasteiger partial charge in [0.2, 0.25) is 0 Å². The summed E-state index contributed by atoms with van der Waals surface area (Å²) >= 11 is 0. The third kappa shape index (κ3) is 1.66. The topological polar surface area (TPSA) is 61.1 Å². The van der Waals surface area contributed by atoms with E-state index in [0.29, 0.717) is 12.5 Å². The number of hydrogen-bond acceptors (Lipinski definition) is 3. The molecule has 3 aromatic rings. The minimum Gasteiger partial charge on any atom is -0.325 e. The normalized spacial score (nSPS) is 15.2. The molecule has 5 nitrogen and oxygen atoms in total. The van der Waals surface area contributed by atoms with Gasteiger partial charge in [-0.05, 0) is 31.0 Å². The van der Waals surface area contributed by atoms with E-state index in [9.17, 15) is 0 Å². The van der Waals surface area contributed by atoms with Gasteiger partial charge < -0.3 is 10.1 Å². The molecule has 96 valence electrons. The molecule has 0 aromatic carbocycles. The van der Waals surface area contributed by atoms with E-state index in [-0.39, 0.29) is 0 Å². The van der Waals surface area contributed by atoms with Gasteiger partial charge in [-0.25, -0.2) is 9.67 Å². The van der Waals surface area contributed by atoms with Crippen LogP contribution < -0.4 is 5.73 Å². The maximum Gasteiger partial charge on any atom is 0.176 e. The second-order valence-electron chi connectivity index (χ2n) is 4.97. The third-order valence-corrected chi connectivity index (χ3v) is 3.62. The van der Waals surface area contributed by atoms with Gasteiger partial charge in [-0.15, -0.1) is 0 Å². The lowest BCUT2D eigenvalue weighted by Crippen LogP contribution is -2.06. The molecule has 0 saturated heterocycles. The van der Waals surface area contributed by atoms with Crippen LogP contribution in [0.5, 0.6) is 0 Å². The number of fused-ring (bicyclic) bond motifs is 1. The molecule has 1 saturated carbocycles. The Balaban J connectivity index is 1.88. The molecule has 0 unspecified atom stereocenters. The molecule has 0 radical (unpaired) electrons. The number of rotatable bonds is 3. The van der Waals surface area contributed by atoms with Crippen LogP contribution in [0.25, 0.3) is 11.5 Å². The van der Waals surface area contributed by atoms with Crippen LogP contribution >= 0.6 is 0 Å². The first kappa shape index (κ1) is 10.8. The smallest absolute Gasteiger partial charge is 0.176 e. The quantitative estimate of drug-likeness (QED) is 0.775. The molecule has 0 amide bonds. The van der Waals surface area contributed by atoms with Gasteiger partial charge in [0.25, 0.3) is 0 Å². The number of pyridine rings is 1. The molecule has 19 heavy (non-hydrogen) atoms. The van der Waals surface area contributed by atoms with E-state index < -0.39 is 0 Å². The fraction of sp³-hybridized carbons (Fsp3) is 0.286. The first-order chi connectivity index (χ1) is 9.36. The fourth-order valence-corrected chi connectivity index (χ4v) is 2.46. The van der Waals surface area contributed by atoms with Crippen LogP contribution in [0.2, 0.25) is 0 Å². The summed E-state index contributed by atoms with van der Waals surface area (Å²) in [5.74, 6) is 1.49. The van der Waals surface area contributed by atoms with Crippen LogP contribution in [0.3, 0.4) is 0 Å². The predicted octanol–water partition coefficient (Wildman–Crippen LogP) is 1.86. The van der Waals surface area contributed by atoms with Crippen molar-refractivity contribution >= 4 is 5.65 Å². The molecule has 4 rings (SSSR count). The fourth-order valence-electron chi connectivity index (χ4n) is 2.46. The molecule has 1 aliphatic rings. The van der Waals surface area contributed by atoms with Crippen molar-refractivity contribution in [3.63, 3.8) is 0 Å². The zero-order valence-corrected chi connectivity index (χ0v) is 10.5. The van der Waals surface area contributed by atoms with Crippen LogP contribution in [0.15, 0.2) is 36.7 Å². The summed E-state index contributed by atoms with van der Waals surface area (Å²) in [5, 5.41) is 4.63. The van der Waals surface area contributed by atoms with E-state index in [0.717, 1.165) is 17.2 Å². The van der Waals surface area contributed by atoms with Crippen molar-refractivity contribution in [1.29, 1.82) is 0 Å². The standard InChI is InChI=1S/C14H15N5/c15-9-12-14(16-13-3-1-2-7-18(12)13)19-8-6-11(17-19)10-4-5-10/h1-3,6-8,10H,4-5,9,15H2. The molecule has 3 aromatic heterocycles. The Hall–Kier alpha value is -2.14.